The topological polar surface area (TPSA) is 95.1 Å². The van der Waals surface area contributed by atoms with Gasteiger partial charge < -0.3 is 29.6 Å². The van der Waals surface area contributed by atoms with Gasteiger partial charge in [-0.1, -0.05) is 36.4 Å². The van der Waals surface area contributed by atoms with Gasteiger partial charge in [-0.2, -0.15) is 0 Å². The van der Waals surface area contributed by atoms with Crippen LogP contribution in [0.2, 0.25) is 0 Å². The van der Waals surface area contributed by atoms with Crippen molar-refractivity contribution in [3.05, 3.63) is 71.8 Å². The van der Waals surface area contributed by atoms with Crippen molar-refractivity contribution in [1.29, 1.82) is 0 Å². The number of hydrogen-bond donors (Lipinski definition) is 2. The number of ether oxygens (including phenoxy) is 4. The van der Waals surface area contributed by atoms with Crippen molar-refractivity contribution < 1.29 is 28.5 Å². The molecule has 8 nitrogen and oxygen atoms in total. The number of nitrogens with one attached hydrogen (secondary N) is 2. The summed E-state index contributed by atoms with van der Waals surface area (Å²) in [6.45, 7) is 4.73. The summed E-state index contributed by atoms with van der Waals surface area (Å²) in [6.07, 6.45) is -0.386. The monoisotopic (exact) mass is 454 g/mol. The summed E-state index contributed by atoms with van der Waals surface area (Å²) in [5, 5.41) is 5.89. The highest BCUT2D eigenvalue weighted by Gasteiger charge is 2.40. The number of hydrogen-bond acceptors (Lipinski definition) is 6. The molecule has 33 heavy (non-hydrogen) atoms. The third-order valence-electron chi connectivity index (χ3n) is 5.84. The van der Waals surface area contributed by atoms with Crippen molar-refractivity contribution in [3.8, 4) is 0 Å². The molecule has 2 amide bonds. The number of carbonyl (C=O) groups excluding carboxylic acids is 2. The standard InChI is InChI=1S/C25H30N2O6/c1-17-21(27-24(29)19-11-7-4-8-12-19)16-30-22(33-17)13-25(2)31-14-20(15-32-25)26-23(28)18-9-5-3-6-10-18/h3-12,17,20-22H,13-16H2,1-2H3,(H,26,28)(H,27,29)/t17-,20?,21-,22+,25?/m1/s1. The smallest absolute Gasteiger partial charge is 0.251 e. The maximum Gasteiger partial charge on any atom is 0.251 e. The van der Waals surface area contributed by atoms with Crippen molar-refractivity contribution in [3.63, 3.8) is 0 Å². The third kappa shape index (κ3) is 6.17. The lowest BCUT2D eigenvalue weighted by molar-refractivity contribution is -0.310. The van der Waals surface area contributed by atoms with E-state index in [1.54, 1.807) is 24.3 Å². The van der Waals surface area contributed by atoms with Crippen LogP contribution in [-0.2, 0) is 18.9 Å². The fraction of sp³-hybridized carbons (Fsp3) is 0.440. The summed E-state index contributed by atoms with van der Waals surface area (Å²) in [4.78, 5) is 24.7. The van der Waals surface area contributed by atoms with E-state index >= 15 is 0 Å². The summed E-state index contributed by atoms with van der Waals surface area (Å²) < 4.78 is 23.7. The van der Waals surface area contributed by atoms with Gasteiger partial charge in [-0.15, -0.1) is 0 Å². The molecular weight excluding hydrogens is 424 g/mol. The number of amides is 2. The van der Waals surface area contributed by atoms with E-state index in [1.165, 1.54) is 0 Å². The maximum absolute atomic E-state index is 12.4. The van der Waals surface area contributed by atoms with Gasteiger partial charge in [0, 0.05) is 11.1 Å². The largest absolute Gasteiger partial charge is 0.350 e. The minimum absolute atomic E-state index is 0.159. The molecule has 0 spiro atoms. The molecule has 0 aromatic heterocycles. The second-order valence-corrected chi connectivity index (χ2v) is 8.55. The first-order chi connectivity index (χ1) is 15.9. The number of benzene rings is 2. The van der Waals surface area contributed by atoms with Crippen molar-refractivity contribution in [1.82, 2.24) is 10.6 Å². The van der Waals surface area contributed by atoms with Crippen molar-refractivity contribution in [2.75, 3.05) is 19.8 Å². The third-order valence-corrected chi connectivity index (χ3v) is 5.84. The molecule has 0 radical (unpaired) electrons. The average molecular weight is 455 g/mol. The van der Waals surface area contributed by atoms with Gasteiger partial charge in [0.2, 0.25) is 0 Å². The van der Waals surface area contributed by atoms with Gasteiger partial charge in [0.05, 0.1) is 44.4 Å². The first kappa shape index (κ1) is 23.4. The van der Waals surface area contributed by atoms with Gasteiger partial charge in [0.1, 0.15) is 0 Å². The SMILES string of the molecule is C[C@H]1O[C@@H](CC2(C)OCC(NC(=O)c3ccccc3)CO2)OC[C@H]1NC(=O)c1ccccc1. The van der Waals surface area contributed by atoms with Crippen LogP contribution in [-0.4, -0.2) is 61.9 Å². The Morgan fingerprint density at radius 3 is 1.97 bits per heavy atom. The van der Waals surface area contributed by atoms with Crippen molar-refractivity contribution in [2.24, 2.45) is 0 Å². The van der Waals surface area contributed by atoms with Crippen LogP contribution in [0.25, 0.3) is 0 Å². The van der Waals surface area contributed by atoms with E-state index < -0.39 is 12.1 Å². The predicted octanol–water partition coefficient (Wildman–Crippen LogP) is 2.50. The van der Waals surface area contributed by atoms with E-state index in [4.69, 9.17) is 18.9 Å². The molecule has 2 saturated heterocycles. The zero-order chi connectivity index (χ0) is 23.3. The van der Waals surface area contributed by atoms with E-state index in [0.29, 0.717) is 37.4 Å². The lowest BCUT2D eigenvalue weighted by atomic mass is 10.1. The first-order valence-corrected chi connectivity index (χ1v) is 11.2. The highest BCUT2D eigenvalue weighted by molar-refractivity contribution is 5.94. The summed E-state index contributed by atoms with van der Waals surface area (Å²) in [5.74, 6) is -1.21. The molecule has 2 aromatic carbocycles. The summed E-state index contributed by atoms with van der Waals surface area (Å²) >= 11 is 0. The van der Waals surface area contributed by atoms with E-state index in [9.17, 15) is 9.59 Å². The fourth-order valence-corrected chi connectivity index (χ4v) is 3.83. The van der Waals surface area contributed by atoms with Gasteiger partial charge >= 0.3 is 0 Å². The highest BCUT2D eigenvalue weighted by atomic mass is 16.7. The molecule has 0 aliphatic carbocycles. The second-order valence-electron chi connectivity index (χ2n) is 8.55. The molecule has 4 rings (SSSR count). The minimum Gasteiger partial charge on any atom is -0.350 e. The molecule has 2 heterocycles. The van der Waals surface area contributed by atoms with Crippen molar-refractivity contribution >= 4 is 11.8 Å². The van der Waals surface area contributed by atoms with E-state index in [-0.39, 0.29) is 30.0 Å². The molecule has 0 unspecified atom stereocenters. The molecule has 2 aliphatic rings. The number of rotatable bonds is 6. The molecule has 2 fully saturated rings. The summed E-state index contributed by atoms with van der Waals surface area (Å²) in [5.41, 5.74) is 1.19. The molecule has 2 aliphatic heterocycles. The number of carbonyl (C=O) groups is 2. The van der Waals surface area contributed by atoms with E-state index in [2.05, 4.69) is 10.6 Å². The summed E-state index contributed by atoms with van der Waals surface area (Å²) in [7, 11) is 0. The Morgan fingerprint density at radius 2 is 1.42 bits per heavy atom. The first-order valence-electron chi connectivity index (χ1n) is 11.2. The Morgan fingerprint density at radius 1 is 0.879 bits per heavy atom. The molecular formula is C25H30N2O6. The van der Waals surface area contributed by atoms with Crippen LogP contribution in [0.1, 0.15) is 41.0 Å². The molecule has 2 aromatic rings. The Balaban J connectivity index is 1.22. The molecule has 8 heteroatoms. The molecule has 0 bridgehead atoms. The van der Waals surface area contributed by atoms with Crippen LogP contribution in [0.3, 0.4) is 0 Å². The van der Waals surface area contributed by atoms with E-state index in [1.807, 2.05) is 50.2 Å². The summed E-state index contributed by atoms with van der Waals surface area (Å²) in [6, 6.07) is 17.6. The van der Waals surface area contributed by atoms with Crippen LogP contribution in [0.4, 0.5) is 0 Å². The van der Waals surface area contributed by atoms with Gasteiger partial charge in [0.15, 0.2) is 12.1 Å². The molecule has 176 valence electrons. The van der Waals surface area contributed by atoms with Crippen LogP contribution < -0.4 is 10.6 Å². The minimum atomic E-state index is -0.890. The maximum atomic E-state index is 12.4. The van der Waals surface area contributed by atoms with Crippen molar-refractivity contribution in [2.45, 2.75) is 50.5 Å². The lowest BCUT2D eigenvalue weighted by Gasteiger charge is -2.42. The highest BCUT2D eigenvalue weighted by Crippen LogP contribution is 2.28. The van der Waals surface area contributed by atoms with Crippen LogP contribution in [0.15, 0.2) is 60.7 Å². The Labute approximate surface area is 193 Å². The molecule has 2 N–H and O–H groups in total. The van der Waals surface area contributed by atoms with Gasteiger partial charge in [-0.05, 0) is 38.1 Å². The quantitative estimate of drug-likeness (QED) is 0.697. The van der Waals surface area contributed by atoms with E-state index in [0.717, 1.165) is 0 Å². The Bertz CT molecular complexity index is 930. The lowest BCUT2D eigenvalue weighted by Crippen LogP contribution is -2.55. The molecule has 0 saturated carbocycles. The van der Waals surface area contributed by atoms with Crippen LogP contribution in [0.5, 0.6) is 0 Å². The zero-order valence-corrected chi connectivity index (χ0v) is 18.9. The van der Waals surface area contributed by atoms with Crippen LogP contribution >= 0.6 is 0 Å². The predicted molar refractivity (Wildman–Crippen MR) is 121 cm³/mol. The van der Waals surface area contributed by atoms with Gasteiger partial charge in [-0.3, -0.25) is 9.59 Å². The van der Waals surface area contributed by atoms with Gasteiger partial charge in [-0.25, -0.2) is 0 Å². The molecule has 3 atom stereocenters. The Kier molecular flexibility index (Phi) is 7.39. The van der Waals surface area contributed by atoms with Crippen LogP contribution in [0, 0.1) is 0 Å². The average Bonchev–Trinajstić information content (AvgIpc) is 2.83. The van der Waals surface area contributed by atoms with Gasteiger partial charge in [0.25, 0.3) is 11.8 Å². The second kappa shape index (κ2) is 10.4. The fourth-order valence-electron chi connectivity index (χ4n) is 3.83. The zero-order valence-electron chi connectivity index (χ0n) is 18.9. The normalized spacial score (nSPS) is 29.8. The Hall–Kier alpha value is -2.78.